The quantitative estimate of drug-likeness (QED) is 0.883. The lowest BCUT2D eigenvalue weighted by molar-refractivity contribution is 0.415. The monoisotopic (exact) mass is 299 g/mol. The van der Waals surface area contributed by atoms with Gasteiger partial charge in [0, 0.05) is 11.0 Å². The highest BCUT2D eigenvalue weighted by Gasteiger charge is 2.08. The normalized spacial score (nSPS) is 14.5. The number of aliphatic imine (C=N–C) groups is 1. The van der Waals surface area contributed by atoms with E-state index in [1.165, 1.54) is 11.8 Å². The standard InChI is InChI=1S/C15H13N3O2S/c1-19-12-6-4-11(5-7-12)14-10-21-15(18-17-14)16-9-13-3-2-8-20-13/h2-10,17H,1H3. The lowest BCUT2D eigenvalue weighted by Crippen LogP contribution is -2.10. The fraction of sp³-hybridized carbons (Fsp3) is 0.0667. The van der Waals surface area contributed by atoms with Crippen LogP contribution in [0.15, 0.2) is 62.6 Å². The molecule has 0 saturated carbocycles. The minimum Gasteiger partial charge on any atom is -0.497 e. The van der Waals surface area contributed by atoms with Crippen molar-refractivity contribution in [2.24, 2.45) is 10.1 Å². The molecule has 3 rings (SSSR count). The van der Waals surface area contributed by atoms with E-state index < -0.39 is 0 Å². The van der Waals surface area contributed by atoms with Gasteiger partial charge in [0.1, 0.15) is 11.5 Å². The molecule has 0 saturated heterocycles. The molecule has 2 heterocycles. The molecule has 106 valence electrons. The van der Waals surface area contributed by atoms with E-state index in [0.717, 1.165) is 17.0 Å². The summed E-state index contributed by atoms with van der Waals surface area (Å²) in [5, 5.41) is 6.82. The van der Waals surface area contributed by atoms with Crippen molar-refractivity contribution in [3.05, 3.63) is 59.4 Å². The summed E-state index contributed by atoms with van der Waals surface area (Å²) >= 11 is 1.45. The summed E-state index contributed by atoms with van der Waals surface area (Å²) in [5.74, 6) is 1.53. The maximum atomic E-state index is 5.18. The summed E-state index contributed by atoms with van der Waals surface area (Å²) in [6, 6.07) is 11.4. The summed E-state index contributed by atoms with van der Waals surface area (Å²) < 4.78 is 10.3. The molecule has 1 aliphatic rings. The van der Waals surface area contributed by atoms with Crippen LogP contribution in [0.4, 0.5) is 0 Å². The van der Waals surface area contributed by atoms with Gasteiger partial charge in [-0.2, -0.15) is 0 Å². The maximum absolute atomic E-state index is 5.18. The third kappa shape index (κ3) is 3.35. The van der Waals surface area contributed by atoms with E-state index in [9.17, 15) is 0 Å². The summed E-state index contributed by atoms with van der Waals surface area (Å²) in [5.41, 5.74) is 4.97. The number of rotatable bonds is 3. The summed E-state index contributed by atoms with van der Waals surface area (Å²) in [6.07, 6.45) is 3.25. The van der Waals surface area contributed by atoms with Crippen molar-refractivity contribution in [3.8, 4) is 5.75 Å². The molecule has 0 unspecified atom stereocenters. The molecule has 2 aromatic rings. The minimum atomic E-state index is 0.628. The van der Waals surface area contributed by atoms with Crippen LogP contribution in [-0.4, -0.2) is 18.5 Å². The van der Waals surface area contributed by atoms with Gasteiger partial charge >= 0.3 is 0 Å². The second-order valence-corrected chi connectivity index (χ2v) is 4.99. The lowest BCUT2D eigenvalue weighted by atomic mass is 10.2. The second kappa shape index (κ2) is 6.32. The van der Waals surface area contributed by atoms with E-state index in [-0.39, 0.29) is 0 Å². The average molecular weight is 299 g/mol. The number of nitrogens with one attached hydrogen (secondary N) is 1. The largest absolute Gasteiger partial charge is 0.497 e. The van der Waals surface area contributed by atoms with Crippen LogP contribution in [-0.2, 0) is 0 Å². The summed E-state index contributed by atoms with van der Waals surface area (Å²) in [4.78, 5) is 4.25. The Bertz CT molecular complexity index is 688. The van der Waals surface area contributed by atoms with Gasteiger partial charge in [0.15, 0.2) is 0 Å². The molecule has 5 nitrogen and oxygen atoms in total. The number of amidine groups is 1. The van der Waals surface area contributed by atoms with Gasteiger partial charge in [0.25, 0.3) is 0 Å². The van der Waals surface area contributed by atoms with Crippen LogP contribution < -0.4 is 10.2 Å². The number of benzene rings is 1. The molecule has 1 aromatic heterocycles. The smallest absolute Gasteiger partial charge is 0.211 e. The Labute approximate surface area is 126 Å². The molecule has 6 heteroatoms. The summed E-state index contributed by atoms with van der Waals surface area (Å²) in [7, 11) is 1.65. The van der Waals surface area contributed by atoms with Crippen LogP contribution in [0.1, 0.15) is 11.3 Å². The van der Waals surface area contributed by atoms with Crippen LogP contribution in [0.5, 0.6) is 5.75 Å². The van der Waals surface area contributed by atoms with Crippen molar-refractivity contribution in [2.75, 3.05) is 7.11 Å². The van der Waals surface area contributed by atoms with Crippen LogP contribution >= 0.6 is 11.8 Å². The SMILES string of the molecule is COc1ccc(C2=CSC(N=Cc3ccco3)=NN2)cc1. The van der Waals surface area contributed by atoms with E-state index in [4.69, 9.17) is 9.15 Å². The number of thioether (sulfide) groups is 1. The first kappa shape index (κ1) is 13.5. The Morgan fingerprint density at radius 3 is 2.76 bits per heavy atom. The maximum Gasteiger partial charge on any atom is 0.211 e. The number of nitrogens with zero attached hydrogens (tertiary/aromatic N) is 2. The van der Waals surface area contributed by atoms with Gasteiger partial charge in [-0.05, 0) is 36.4 Å². The van der Waals surface area contributed by atoms with Crippen molar-refractivity contribution >= 4 is 28.8 Å². The second-order valence-electron chi connectivity index (χ2n) is 4.16. The first-order chi connectivity index (χ1) is 10.3. The Morgan fingerprint density at radius 2 is 2.14 bits per heavy atom. The zero-order valence-electron chi connectivity index (χ0n) is 11.3. The minimum absolute atomic E-state index is 0.628. The fourth-order valence-electron chi connectivity index (χ4n) is 1.72. The molecule has 0 atom stereocenters. The van der Waals surface area contributed by atoms with Gasteiger partial charge < -0.3 is 9.15 Å². The molecule has 1 N–H and O–H groups in total. The molecule has 0 bridgehead atoms. The number of hydrogen-bond donors (Lipinski definition) is 1. The Balaban J connectivity index is 1.65. The first-order valence-electron chi connectivity index (χ1n) is 6.28. The van der Waals surface area contributed by atoms with Gasteiger partial charge in [-0.3, -0.25) is 5.43 Å². The third-order valence-corrected chi connectivity index (χ3v) is 3.56. The number of ether oxygens (including phenoxy) is 1. The molecule has 0 fully saturated rings. The Morgan fingerprint density at radius 1 is 1.29 bits per heavy atom. The predicted octanol–water partition coefficient (Wildman–Crippen LogP) is 3.31. The molecule has 21 heavy (non-hydrogen) atoms. The molecule has 1 aromatic carbocycles. The van der Waals surface area contributed by atoms with Gasteiger partial charge in [-0.15, -0.1) is 5.10 Å². The van der Waals surface area contributed by atoms with Crippen molar-refractivity contribution in [3.63, 3.8) is 0 Å². The summed E-state index contributed by atoms with van der Waals surface area (Å²) in [6.45, 7) is 0. The average Bonchev–Trinajstić information content (AvgIpc) is 3.07. The van der Waals surface area contributed by atoms with E-state index in [2.05, 4.69) is 15.5 Å². The highest BCUT2D eigenvalue weighted by Crippen LogP contribution is 2.23. The molecule has 0 amide bonds. The van der Waals surface area contributed by atoms with Crippen LogP contribution in [0.3, 0.4) is 0 Å². The van der Waals surface area contributed by atoms with Crippen molar-refractivity contribution < 1.29 is 9.15 Å². The molecule has 0 aliphatic carbocycles. The van der Waals surface area contributed by atoms with Gasteiger partial charge in [0.2, 0.25) is 5.17 Å². The first-order valence-corrected chi connectivity index (χ1v) is 7.15. The highest BCUT2D eigenvalue weighted by atomic mass is 32.2. The third-order valence-electron chi connectivity index (χ3n) is 2.80. The molecule has 0 radical (unpaired) electrons. The van der Waals surface area contributed by atoms with E-state index >= 15 is 0 Å². The van der Waals surface area contributed by atoms with E-state index in [0.29, 0.717) is 10.9 Å². The lowest BCUT2D eigenvalue weighted by Gasteiger charge is -2.12. The zero-order chi connectivity index (χ0) is 14.5. The zero-order valence-corrected chi connectivity index (χ0v) is 12.1. The van der Waals surface area contributed by atoms with Gasteiger partial charge in [0.05, 0.1) is 25.3 Å². The topological polar surface area (TPSA) is 59.1 Å². The predicted molar refractivity (Wildman–Crippen MR) is 85.4 cm³/mol. The van der Waals surface area contributed by atoms with Gasteiger partial charge in [-0.1, -0.05) is 11.8 Å². The molecule has 1 aliphatic heterocycles. The van der Waals surface area contributed by atoms with E-state index in [1.807, 2.05) is 41.8 Å². The number of methoxy groups -OCH3 is 1. The van der Waals surface area contributed by atoms with Crippen molar-refractivity contribution in [1.82, 2.24) is 5.43 Å². The Kier molecular flexibility index (Phi) is 4.07. The molecular formula is C15H13N3O2S. The molecular weight excluding hydrogens is 286 g/mol. The molecule has 0 spiro atoms. The number of hydrazone groups is 1. The van der Waals surface area contributed by atoms with E-state index in [1.54, 1.807) is 19.6 Å². The Hall–Kier alpha value is -2.47. The highest BCUT2D eigenvalue weighted by molar-refractivity contribution is 8.16. The van der Waals surface area contributed by atoms with Crippen molar-refractivity contribution in [1.29, 1.82) is 0 Å². The van der Waals surface area contributed by atoms with Crippen molar-refractivity contribution in [2.45, 2.75) is 0 Å². The fourth-order valence-corrected chi connectivity index (χ4v) is 2.34. The van der Waals surface area contributed by atoms with Gasteiger partial charge in [-0.25, -0.2) is 4.99 Å². The van der Waals surface area contributed by atoms with Crippen LogP contribution in [0.2, 0.25) is 0 Å². The number of furan rings is 1. The van der Waals surface area contributed by atoms with Crippen LogP contribution in [0.25, 0.3) is 5.70 Å². The number of hydrogen-bond acceptors (Lipinski definition) is 6. The van der Waals surface area contributed by atoms with Crippen LogP contribution in [0, 0.1) is 0 Å².